The molecule has 0 unspecified atom stereocenters. The summed E-state index contributed by atoms with van der Waals surface area (Å²) >= 11 is 1.74. The summed E-state index contributed by atoms with van der Waals surface area (Å²) in [5.41, 5.74) is 0.139. The zero-order valence-electron chi connectivity index (χ0n) is 10.9. The Labute approximate surface area is 125 Å². The molecular weight excluding hydrogens is 364 g/mol. The number of hydrogen-bond donors (Lipinski definition) is 1. The van der Waals surface area contributed by atoms with Gasteiger partial charge < -0.3 is 10.2 Å². The first-order valence-electron chi connectivity index (χ1n) is 6.09. The Kier molecular flexibility index (Phi) is 6.43. The molecule has 0 saturated carbocycles. The summed E-state index contributed by atoms with van der Waals surface area (Å²) in [4.78, 5) is 12.6. The van der Waals surface area contributed by atoms with Gasteiger partial charge in [-0.1, -0.05) is 13.8 Å². The minimum Gasteiger partial charge on any atom is -0.378 e. The molecule has 0 aliphatic rings. The van der Waals surface area contributed by atoms with Crippen molar-refractivity contribution in [1.82, 2.24) is 4.90 Å². The number of anilines is 1. The Morgan fingerprint density at radius 1 is 1.42 bits per heavy atom. The molecule has 1 aromatic carbocycles. The summed E-state index contributed by atoms with van der Waals surface area (Å²) in [5.74, 6) is -0.448. The molecule has 0 spiro atoms. The molecule has 7 heteroatoms. The van der Waals surface area contributed by atoms with E-state index in [1.807, 2.05) is 0 Å². The molecule has 0 heterocycles. The van der Waals surface area contributed by atoms with Crippen LogP contribution in [0.1, 0.15) is 13.8 Å². The fourth-order valence-electron chi connectivity index (χ4n) is 1.72. The number of rotatable bonds is 7. The van der Waals surface area contributed by atoms with Crippen molar-refractivity contribution in [1.29, 1.82) is 0 Å². The number of likely N-dealkylation sites (N-methyl/N-ethyl adjacent to an activating group) is 1. The van der Waals surface area contributed by atoms with Gasteiger partial charge in [0.1, 0.15) is 11.5 Å². The van der Waals surface area contributed by atoms with Crippen LogP contribution in [0.15, 0.2) is 12.1 Å². The standard InChI is InChI=1S/C12H17FIN3O2/c1-3-16(4-2)6-5-15-11-7-9(13)10(14)8-12(11)17(18)19/h7-8,15H,3-6H2,1-2H3. The van der Waals surface area contributed by atoms with Crippen LogP contribution >= 0.6 is 22.6 Å². The van der Waals surface area contributed by atoms with Crippen LogP contribution in [-0.2, 0) is 0 Å². The second-order valence-electron chi connectivity index (χ2n) is 3.99. The van der Waals surface area contributed by atoms with Crippen LogP contribution < -0.4 is 5.32 Å². The second-order valence-corrected chi connectivity index (χ2v) is 5.16. The van der Waals surface area contributed by atoms with E-state index in [0.717, 1.165) is 19.6 Å². The lowest BCUT2D eigenvalue weighted by molar-refractivity contribution is -0.384. The lowest BCUT2D eigenvalue weighted by atomic mass is 10.2. The first kappa shape index (κ1) is 16.1. The van der Waals surface area contributed by atoms with Crippen LogP contribution in [0.4, 0.5) is 15.8 Å². The van der Waals surface area contributed by atoms with E-state index in [9.17, 15) is 14.5 Å². The quantitative estimate of drug-likeness (QED) is 0.448. The summed E-state index contributed by atoms with van der Waals surface area (Å²) in [6, 6.07) is 2.43. The molecule has 0 fully saturated rings. The van der Waals surface area contributed by atoms with Gasteiger partial charge in [0.2, 0.25) is 0 Å². The van der Waals surface area contributed by atoms with Gasteiger partial charge in [-0.05, 0) is 35.7 Å². The van der Waals surface area contributed by atoms with Crippen molar-refractivity contribution >= 4 is 34.0 Å². The van der Waals surface area contributed by atoms with E-state index in [0.29, 0.717) is 6.54 Å². The van der Waals surface area contributed by atoms with Crippen molar-refractivity contribution in [3.63, 3.8) is 0 Å². The lowest BCUT2D eigenvalue weighted by Gasteiger charge is -2.18. The predicted octanol–water partition coefficient (Wildman–Crippen LogP) is 3.09. The first-order chi connectivity index (χ1) is 8.99. The molecule has 0 atom stereocenters. The third kappa shape index (κ3) is 4.57. The molecule has 0 aliphatic carbocycles. The summed E-state index contributed by atoms with van der Waals surface area (Å²) in [6.45, 7) is 7.25. The van der Waals surface area contributed by atoms with E-state index in [-0.39, 0.29) is 14.9 Å². The van der Waals surface area contributed by atoms with E-state index >= 15 is 0 Å². The van der Waals surface area contributed by atoms with Crippen molar-refractivity contribution in [2.75, 3.05) is 31.5 Å². The van der Waals surface area contributed by atoms with Crippen LogP contribution in [0, 0.1) is 19.5 Å². The van der Waals surface area contributed by atoms with Crippen molar-refractivity contribution in [2.45, 2.75) is 13.8 Å². The van der Waals surface area contributed by atoms with Crippen molar-refractivity contribution < 1.29 is 9.31 Å². The Morgan fingerprint density at radius 2 is 2.05 bits per heavy atom. The predicted molar refractivity (Wildman–Crippen MR) is 82.0 cm³/mol. The third-order valence-electron chi connectivity index (χ3n) is 2.87. The van der Waals surface area contributed by atoms with Crippen molar-refractivity contribution in [3.8, 4) is 0 Å². The monoisotopic (exact) mass is 381 g/mol. The van der Waals surface area contributed by atoms with Crippen molar-refractivity contribution in [2.24, 2.45) is 0 Å². The highest BCUT2D eigenvalue weighted by molar-refractivity contribution is 14.1. The molecule has 0 aromatic heterocycles. The molecule has 0 radical (unpaired) electrons. The zero-order chi connectivity index (χ0) is 14.4. The first-order valence-corrected chi connectivity index (χ1v) is 7.17. The van der Waals surface area contributed by atoms with Gasteiger partial charge in [0.15, 0.2) is 0 Å². The van der Waals surface area contributed by atoms with Gasteiger partial charge >= 0.3 is 0 Å². The fourth-order valence-corrected chi connectivity index (χ4v) is 2.17. The Balaban J connectivity index is 2.77. The molecule has 0 bridgehead atoms. The molecule has 1 rings (SSSR count). The van der Waals surface area contributed by atoms with Crippen LogP contribution in [0.3, 0.4) is 0 Å². The molecule has 106 valence electrons. The van der Waals surface area contributed by atoms with Crippen LogP contribution in [0.5, 0.6) is 0 Å². The Hall–Kier alpha value is -0.960. The molecule has 5 nitrogen and oxygen atoms in total. The van der Waals surface area contributed by atoms with E-state index < -0.39 is 10.7 Å². The topological polar surface area (TPSA) is 58.4 Å². The smallest absolute Gasteiger partial charge is 0.293 e. The molecule has 19 heavy (non-hydrogen) atoms. The molecule has 0 aliphatic heterocycles. The highest BCUT2D eigenvalue weighted by atomic mass is 127. The van der Waals surface area contributed by atoms with Gasteiger partial charge in [-0.3, -0.25) is 10.1 Å². The molecule has 0 saturated heterocycles. The summed E-state index contributed by atoms with van der Waals surface area (Å²) in [6.07, 6.45) is 0. The Morgan fingerprint density at radius 3 is 2.58 bits per heavy atom. The van der Waals surface area contributed by atoms with Gasteiger partial charge in [-0.2, -0.15) is 0 Å². The lowest BCUT2D eigenvalue weighted by Crippen LogP contribution is -2.28. The van der Waals surface area contributed by atoms with Gasteiger partial charge in [0, 0.05) is 25.2 Å². The third-order valence-corrected chi connectivity index (χ3v) is 3.70. The second kappa shape index (κ2) is 7.59. The van der Waals surface area contributed by atoms with E-state index in [1.165, 1.54) is 12.1 Å². The highest BCUT2D eigenvalue weighted by Crippen LogP contribution is 2.28. The van der Waals surface area contributed by atoms with Gasteiger partial charge in [-0.15, -0.1) is 0 Å². The molecule has 0 amide bonds. The average molecular weight is 381 g/mol. The number of benzene rings is 1. The average Bonchev–Trinajstić information content (AvgIpc) is 2.38. The Bertz CT molecular complexity index is 453. The maximum Gasteiger partial charge on any atom is 0.293 e. The van der Waals surface area contributed by atoms with Gasteiger partial charge in [-0.25, -0.2) is 4.39 Å². The minimum absolute atomic E-state index is 0.0923. The largest absolute Gasteiger partial charge is 0.378 e. The van der Waals surface area contributed by atoms with Gasteiger partial charge in [0.25, 0.3) is 5.69 Å². The molecular formula is C12H17FIN3O2. The van der Waals surface area contributed by atoms with Gasteiger partial charge in [0.05, 0.1) is 8.49 Å². The number of nitrogens with zero attached hydrogens (tertiary/aromatic N) is 2. The minimum atomic E-state index is -0.499. The van der Waals surface area contributed by atoms with E-state index in [1.54, 1.807) is 22.6 Å². The number of hydrogen-bond acceptors (Lipinski definition) is 4. The summed E-state index contributed by atoms with van der Waals surface area (Å²) < 4.78 is 13.7. The highest BCUT2D eigenvalue weighted by Gasteiger charge is 2.17. The number of nitrogens with one attached hydrogen (secondary N) is 1. The van der Waals surface area contributed by atoms with Crippen LogP contribution in [0.25, 0.3) is 0 Å². The fraction of sp³-hybridized carbons (Fsp3) is 0.500. The zero-order valence-corrected chi connectivity index (χ0v) is 13.1. The SMILES string of the molecule is CCN(CC)CCNc1cc(F)c(I)cc1[N+](=O)[O-]. The van der Waals surface area contributed by atoms with Crippen molar-refractivity contribution in [3.05, 3.63) is 31.6 Å². The number of nitro benzene ring substituents is 1. The maximum absolute atomic E-state index is 13.5. The number of nitro groups is 1. The molecule has 1 N–H and O–H groups in total. The van der Waals surface area contributed by atoms with E-state index in [2.05, 4.69) is 24.1 Å². The van der Waals surface area contributed by atoms with Crippen LogP contribution in [0.2, 0.25) is 0 Å². The number of halogens is 2. The summed E-state index contributed by atoms with van der Waals surface area (Å²) in [7, 11) is 0. The van der Waals surface area contributed by atoms with E-state index in [4.69, 9.17) is 0 Å². The molecule has 1 aromatic rings. The maximum atomic E-state index is 13.5. The normalized spacial score (nSPS) is 10.8. The summed E-state index contributed by atoms with van der Waals surface area (Å²) in [5, 5.41) is 13.9. The van der Waals surface area contributed by atoms with Crippen LogP contribution in [-0.4, -0.2) is 36.0 Å².